The smallest absolute Gasteiger partial charge is 0.279 e. The molecule has 0 fully saturated rings. The summed E-state index contributed by atoms with van der Waals surface area (Å²) in [6.45, 7) is 1.09. The summed E-state index contributed by atoms with van der Waals surface area (Å²) >= 11 is 0. The Labute approximate surface area is 172 Å². The molecule has 1 atom stereocenters. The first kappa shape index (κ1) is 22.5. The molecule has 0 bridgehead atoms. The van der Waals surface area contributed by atoms with E-state index >= 15 is 0 Å². The van der Waals surface area contributed by atoms with Crippen molar-refractivity contribution in [3.05, 3.63) is 53.8 Å². The van der Waals surface area contributed by atoms with Gasteiger partial charge in [0.2, 0.25) is 0 Å². The summed E-state index contributed by atoms with van der Waals surface area (Å²) in [5, 5.41) is 2.42. The van der Waals surface area contributed by atoms with Crippen LogP contribution in [0.2, 0.25) is 0 Å². The number of benzene rings is 2. The van der Waals surface area contributed by atoms with Gasteiger partial charge in [-0.3, -0.25) is 25.2 Å². The monoisotopic (exact) mass is 419 g/mol. The van der Waals surface area contributed by atoms with Crippen LogP contribution in [0.1, 0.15) is 17.3 Å². The van der Waals surface area contributed by atoms with E-state index in [9.17, 15) is 18.8 Å². The lowest BCUT2D eigenvalue weighted by Gasteiger charge is -2.15. The van der Waals surface area contributed by atoms with E-state index in [0.29, 0.717) is 17.2 Å². The first-order chi connectivity index (χ1) is 14.3. The van der Waals surface area contributed by atoms with Crippen molar-refractivity contribution in [1.29, 1.82) is 0 Å². The van der Waals surface area contributed by atoms with Crippen molar-refractivity contribution < 1.29 is 33.0 Å². The molecule has 0 saturated heterocycles. The number of carbonyl (C=O) groups excluding carboxylic acids is 3. The number of ether oxygens (including phenoxy) is 3. The zero-order valence-electron chi connectivity index (χ0n) is 16.7. The highest BCUT2D eigenvalue weighted by molar-refractivity contribution is 5.97. The van der Waals surface area contributed by atoms with Gasteiger partial charge in [0.15, 0.2) is 17.6 Å². The molecule has 0 spiro atoms. The zero-order valence-corrected chi connectivity index (χ0v) is 16.7. The fraction of sp³-hybridized carbons (Fsp3) is 0.250. The second kappa shape index (κ2) is 10.6. The Bertz CT molecular complexity index is 904. The molecule has 3 N–H and O–H groups in total. The molecule has 160 valence electrons. The summed E-state index contributed by atoms with van der Waals surface area (Å²) in [5.41, 5.74) is 4.62. The average molecular weight is 419 g/mol. The number of hydrogen-bond donors (Lipinski definition) is 3. The maximum absolute atomic E-state index is 12.9. The first-order valence-corrected chi connectivity index (χ1v) is 8.85. The normalized spacial score (nSPS) is 11.1. The van der Waals surface area contributed by atoms with E-state index in [4.69, 9.17) is 14.2 Å². The third-order valence-electron chi connectivity index (χ3n) is 3.88. The molecule has 1 unspecified atom stereocenters. The van der Waals surface area contributed by atoms with Crippen molar-refractivity contribution in [3.63, 3.8) is 0 Å². The van der Waals surface area contributed by atoms with E-state index in [0.717, 1.165) is 0 Å². The van der Waals surface area contributed by atoms with Crippen LogP contribution in [-0.2, 0) is 9.59 Å². The van der Waals surface area contributed by atoms with Gasteiger partial charge in [-0.25, -0.2) is 4.39 Å². The number of hydrogen-bond acceptors (Lipinski definition) is 6. The highest BCUT2D eigenvalue weighted by atomic mass is 19.1. The van der Waals surface area contributed by atoms with Crippen molar-refractivity contribution in [2.75, 3.05) is 20.8 Å². The predicted molar refractivity (Wildman–Crippen MR) is 105 cm³/mol. The molecular weight excluding hydrogens is 397 g/mol. The Morgan fingerprint density at radius 1 is 0.967 bits per heavy atom. The highest BCUT2D eigenvalue weighted by Crippen LogP contribution is 2.27. The van der Waals surface area contributed by atoms with Gasteiger partial charge >= 0.3 is 0 Å². The molecule has 0 radical (unpaired) electrons. The third kappa shape index (κ3) is 6.36. The van der Waals surface area contributed by atoms with Gasteiger partial charge in [-0.2, -0.15) is 0 Å². The van der Waals surface area contributed by atoms with Crippen LogP contribution in [0.25, 0.3) is 0 Å². The molecule has 2 rings (SSSR count). The van der Waals surface area contributed by atoms with Gasteiger partial charge in [-0.1, -0.05) is 0 Å². The van der Waals surface area contributed by atoms with Crippen molar-refractivity contribution in [2.24, 2.45) is 0 Å². The second-order valence-corrected chi connectivity index (χ2v) is 6.00. The minimum absolute atomic E-state index is 0.269. The lowest BCUT2D eigenvalue weighted by molar-refractivity contribution is -0.132. The number of amides is 3. The number of hydrazine groups is 1. The van der Waals surface area contributed by atoms with Gasteiger partial charge in [-0.15, -0.1) is 0 Å². The minimum Gasteiger partial charge on any atom is -0.493 e. The van der Waals surface area contributed by atoms with Crippen LogP contribution < -0.4 is 30.4 Å². The lowest BCUT2D eigenvalue weighted by Crippen LogP contribution is -2.50. The number of carbonyl (C=O) groups is 3. The van der Waals surface area contributed by atoms with Gasteiger partial charge in [0.25, 0.3) is 17.7 Å². The van der Waals surface area contributed by atoms with Gasteiger partial charge in [-0.05, 0) is 49.4 Å². The summed E-state index contributed by atoms with van der Waals surface area (Å²) in [5.74, 6) is -1.08. The second-order valence-electron chi connectivity index (χ2n) is 6.00. The largest absolute Gasteiger partial charge is 0.493 e. The van der Waals surface area contributed by atoms with Crippen molar-refractivity contribution in [1.82, 2.24) is 16.2 Å². The summed E-state index contributed by atoms with van der Waals surface area (Å²) in [6.07, 6.45) is -0.947. The van der Waals surface area contributed by atoms with E-state index < -0.39 is 29.6 Å². The Kier molecular flexibility index (Phi) is 7.98. The molecule has 0 aliphatic carbocycles. The standard InChI is InChI=1S/C20H22FN3O6/c1-12(30-15-7-5-14(21)6-8-15)19(26)24-23-18(25)11-22-20(27)13-4-9-16(28-2)17(10-13)29-3/h4-10,12H,11H2,1-3H3,(H,22,27)(H,23,25)(H,24,26). The van der Waals surface area contributed by atoms with Gasteiger partial charge in [0.1, 0.15) is 11.6 Å². The minimum atomic E-state index is -0.947. The highest BCUT2D eigenvalue weighted by Gasteiger charge is 2.16. The molecule has 9 nitrogen and oxygen atoms in total. The maximum Gasteiger partial charge on any atom is 0.279 e. The van der Waals surface area contributed by atoms with Crippen molar-refractivity contribution >= 4 is 17.7 Å². The van der Waals surface area contributed by atoms with Crippen LogP contribution in [0.5, 0.6) is 17.2 Å². The fourth-order valence-electron chi connectivity index (χ4n) is 2.29. The summed E-state index contributed by atoms with van der Waals surface area (Å²) in [7, 11) is 2.91. The van der Waals surface area contributed by atoms with E-state index in [2.05, 4.69) is 16.2 Å². The number of halogens is 1. The number of nitrogens with one attached hydrogen (secondary N) is 3. The van der Waals surface area contributed by atoms with E-state index in [-0.39, 0.29) is 12.1 Å². The molecule has 2 aromatic carbocycles. The molecule has 3 amide bonds. The molecule has 0 heterocycles. The van der Waals surface area contributed by atoms with Gasteiger partial charge < -0.3 is 19.5 Å². The third-order valence-corrected chi connectivity index (χ3v) is 3.88. The molecule has 0 aromatic heterocycles. The Morgan fingerprint density at radius 2 is 1.63 bits per heavy atom. The van der Waals surface area contributed by atoms with Crippen molar-refractivity contribution in [3.8, 4) is 17.2 Å². The van der Waals surface area contributed by atoms with Crippen LogP contribution in [0.4, 0.5) is 4.39 Å². The zero-order chi connectivity index (χ0) is 22.1. The SMILES string of the molecule is COc1ccc(C(=O)NCC(=O)NNC(=O)C(C)Oc2ccc(F)cc2)cc1OC. The summed E-state index contributed by atoms with van der Waals surface area (Å²) in [6, 6.07) is 9.71. The lowest BCUT2D eigenvalue weighted by atomic mass is 10.2. The Morgan fingerprint density at radius 3 is 2.27 bits per heavy atom. The molecular formula is C20H22FN3O6. The maximum atomic E-state index is 12.9. The van der Waals surface area contributed by atoms with Crippen LogP contribution >= 0.6 is 0 Å². The van der Waals surface area contributed by atoms with Gasteiger partial charge in [0.05, 0.1) is 20.8 Å². The van der Waals surface area contributed by atoms with E-state index in [1.54, 1.807) is 6.07 Å². The topological polar surface area (TPSA) is 115 Å². The average Bonchev–Trinajstić information content (AvgIpc) is 2.76. The fourth-order valence-corrected chi connectivity index (χ4v) is 2.29. The van der Waals surface area contributed by atoms with Crippen LogP contribution in [0.15, 0.2) is 42.5 Å². The van der Waals surface area contributed by atoms with Crippen LogP contribution in [-0.4, -0.2) is 44.6 Å². The number of methoxy groups -OCH3 is 2. The quantitative estimate of drug-likeness (QED) is 0.554. The summed E-state index contributed by atoms with van der Waals surface area (Å²) < 4.78 is 28.4. The summed E-state index contributed by atoms with van der Waals surface area (Å²) in [4.78, 5) is 36.0. The molecule has 10 heteroatoms. The molecule has 2 aromatic rings. The number of rotatable bonds is 8. The molecule has 0 aliphatic heterocycles. The van der Waals surface area contributed by atoms with Gasteiger partial charge in [0, 0.05) is 5.56 Å². The predicted octanol–water partition coefficient (Wildman–Crippen LogP) is 1.19. The van der Waals surface area contributed by atoms with Crippen LogP contribution in [0, 0.1) is 5.82 Å². The molecule has 30 heavy (non-hydrogen) atoms. The first-order valence-electron chi connectivity index (χ1n) is 8.85. The van der Waals surface area contributed by atoms with Crippen LogP contribution in [0.3, 0.4) is 0 Å². The molecule has 0 aliphatic rings. The van der Waals surface area contributed by atoms with E-state index in [1.807, 2.05) is 0 Å². The Hall–Kier alpha value is -3.82. The van der Waals surface area contributed by atoms with Crippen molar-refractivity contribution in [2.45, 2.75) is 13.0 Å². The molecule has 0 saturated carbocycles. The van der Waals surface area contributed by atoms with E-state index in [1.165, 1.54) is 57.5 Å². The Balaban J connectivity index is 1.78.